The molecule has 1 atom stereocenters. The Kier molecular flexibility index (Phi) is 5.77. The molecule has 0 spiro atoms. The minimum Gasteiger partial charge on any atom is -0.497 e. The van der Waals surface area contributed by atoms with E-state index < -0.39 is 11.6 Å². The van der Waals surface area contributed by atoms with Crippen LogP contribution in [-0.2, 0) is 11.3 Å². The number of carbonyl (C=O) groups is 1. The number of carbonyl (C=O) groups excluding carboxylic acids is 1. The van der Waals surface area contributed by atoms with Crippen LogP contribution in [-0.4, -0.2) is 32.6 Å². The molecule has 1 amide bonds. The molecule has 0 saturated heterocycles. The molecular weight excluding hydrogens is 406 g/mol. The van der Waals surface area contributed by atoms with E-state index in [1.165, 1.54) is 4.68 Å². The van der Waals surface area contributed by atoms with Crippen molar-refractivity contribution in [3.63, 3.8) is 0 Å². The van der Waals surface area contributed by atoms with Gasteiger partial charge in [-0.15, -0.1) is 0 Å². The maximum atomic E-state index is 13.2. The van der Waals surface area contributed by atoms with Gasteiger partial charge < -0.3 is 10.1 Å². The SMILES string of the molecule is COc1cccc(CNC(=O)[C@@H](C)n2nc(C)c3c(C)n(-c4ccccc4)nc3c2=O)c1. The van der Waals surface area contributed by atoms with Crippen molar-refractivity contribution < 1.29 is 9.53 Å². The Hall–Kier alpha value is -3.94. The third-order valence-corrected chi connectivity index (χ3v) is 5.49. The Balaban J connectivity index is 1.64. The van der Waals surface area contributed by atoms with Gasteiger partial charge >= 0.3 is 0 Å². The first-order valence-electron chi connectivity index (χ1n) is 10.4. The number of rotatable bonds is 6. The van der Waals surface area contributed by atoms with E-state index in [0.29, 0.717) is 28.9 Å². The summed E-state index contributed by atoms with van der Waals surface area (Å²) in [4.78, 5) is 26.0. The fourth-order valence-corrected chi connectivity index (χ4v) is 3.76. The molecule has 8 nitrogen and oxygen atoms in total. The standard InChI is InChI=1S/C24H25N5O3/c1-15-21-16(2)28(19-10-6-5-7-11-19)27-22(21)24(31)29(26-15)17(3)23(30)25-14-18-9-8-12-20(13-18)32-4/h5-13,17H,14H2,1-4H3,(H,25,30)/t17-/m1/s1. The lowest BCUT2D eigenvalue weighted by molar-refractivity contribution is -0.124. The van der Waals surface area contributed by atoms with Gasteiger partial charge in [0.2, 0.25) is 5.91 Å². The third-order valence-electron chi connectivity index (χ3n) is 5.49. The number of nitrogens with one attached hydrogen (secondary N) is 1. The average Bonchev–Trinajstić information content (AvgIpc) is 3.18. The summed E-state index contributed by atoms with van der Waals surface area (Å²) < 4.78 is 8.16. The van der Waals surface area contributed by atoms with Crippen molar-refractivity contribution in [3.8, 4) is 11.4 Å². The van der Waals surface area contributed by atoms with E-state index in [-0.39, 0.29) is 5.91 Å². The van der Waals surface area contributed by atoms with E-state index in [0.717, 1.165) is 16.9 Å². The molecule has 4 aromatic rings. The zero-order valence-electron chi connectivity index (χ0n) is 18.5. The Morgan fingerprint density at radius 2 is 1.84 bits per heavy atom. The number of aryl methyl sites for hydroxylation is 2. The number of para-hydroxylation sites is 1. The molecule has 8 heteroatoms. The van der Waals surface area contributed by atoms with Crippen LogP contribution in [0.2, 0.25) is 0 Å². The summed E-state index contributed by atoms with van der Waals surface area (Å²) in [5, 5.41) is 12.6. The van der Waals surface area contributed by atoms with E-state index in [9.17, 15) is 9.59 Å². The largest absolute Gasteiger partial charge is 0.497 e. The normalized spacial score (nSPS) is 12.0. The van der Waals surface area contributed by atoms with Crippen LogP contribution in [0.4, 0.5) is 0 Å². The minimum absolute atomic E-state index is 0.297. The average molecular weight is 431 g/mol. The van der Waals surface area contributed by atoms with Crippen LogP contribution in [0.5, 0.6) is 5.75 Å². The maximum Gasteiger partial charge on any atom is 0.295 e. The molecule has 0 aliphatic carbocycles. The monoisotopic (exact) mass is 431 g/mol. The molecule has 32 heavy (non-hydrogen) atoms. The summed E-state index contributed by atoms with van der Waals surface area (Å²) in [7, 11) is 1.59. The van der Waals surface area contributed by atoms with Gasteiger partial charge in [-0.05, 0) is 50.6 Å². The van der Waals surface area contributed by atoms with Crippen molar-refractivity contribution in [1.29, 1.82) is 0 Å². The Morgan fingerprint density at radius 1 is 1.09 bits per heavy atom. The van der Waals surface area contributed by atoms with E-state index in [1.807, 2.05) is 68.4 Å². The Bertz CT molecular complexity index is 1340. The smallest absolute Gasteiger partial charge is 0.295 e. The number of ether oxygens (including phenoxy) is 1. The molecule has 0 saturated carbocycles. The number of benzene rings is 2. The van der Waals surface area contributed by atoms with Crippen LogP contribution in [0, 0.1) is 13.8 Å². The summed E-state index contributed by atoms with van der Waals surface area (Å²) in [6.45, 7) is 5.70. The van der Waals surface area contributed by atoms with E-state index >= 15 is 0 Å². The van der Waals surface area contributed by atoms with Crippen LogP contribution in [0.15, 0.2) is 59.4 Å². The van der Waals surface area contributed by atoms with Gasteiger partial charge in [0.05, 0.1) is 29.6 Å². The first-order valence-corrected chi connectivity index (χ1v) is 10.4. The van der Waals surface area contributed by atoms with Crippen LogP contribution in [0.1, 0.15) is 29.9 Å². The van der Waals surface area contributed by atoms with Crippen molar-refractivity contribution in [2.75, 3.05) is 7.11 Å². The number of hydrogen-bond donors (Lipinski definition) is 1. The first-order chi connectivity index (χ1) is 15.4. The quantitative estimate of drug-likeness (QED) is 0.507. The van der Waals surface area contributed by atoms with Gasteiger partial charge in [-0.25, -0.2) is 9.36 Å². The van der Waals surface area contributed by atoms with Crippen molar-refractivity contribution in [1.82, 2.24) is 24.9 Å². The van der Waals surface area contributed by atoms with Crippen LogP contribution < -0.4 is 15.6 Å². The van der Waals surface area contributed by atoms with Crippen molar-refractivity contribution in [3.05, 3.63) is 81.9 Å². The highest BCUT2D eigenvalue weighted by atomic mass is 16.5. The predicted molar refractivity (Wildman–Crippen MR) is 122 cm³/mol. The molecule has 2 aromatic carbocycles. The molecule has 0 aliphatic heterocycles. The molecule has 0 aliphatic rings. The van der Waals surface area contributed by atoms with Crippen molar-refractivity contribution in [2.45, 2.75) is 33.4 Å². The summed E-state index contributed by atoms with van der Waals surface area (Å²) in [5.74, 6) is 0.411. The topological polar surface area (TPSA) is 91.0 Å². The summed E-state index contributed by atoms with van der Waals surface area (Å²) >= 11 is 0. The van der Waals surface area contributed by atoms with Gasteiger partial charge in [0.15, 0.2) is 5.52 Å². The fourth-order valence-electron chi connectivity index (χ4n) is 3.76. The second-order valence-electron chi connectivity index (χ2n) is 7.64. The molecule has 0 radical (unpaired) electrons. The van der Waals surface area contributed by atoms with Crippen LogP contribution in [0.3, 0.4) is 0 Å². The molecule has 0 unspecified atom stereocenters. The highest BCUT2D eigenvalue weighted by Crippen LogP contribution is 2.21. The van der Waals surface area contributed by atoms with Gasteiger partial charge in [0.1, 0.15) is 11.8 Å². The van der Waals surface area contributed by atoms with Gasteiger partial charge in [0.25, 0.3) is 5.56 Å². The second kappa shape index (κ2) is 8.66. The molecule has 2 heterocycles. The molecule has 164 valence electrons. The molecular formula is C24H25N5O3. The minimum atomic E-state index is -0.793. The third kappa shape index (κ3) is 3.87. The summed E-state index contributed by atoms with van der Waals surface area (Å²) in [6.07, 6.45) is 0. The van der Waals surface area contributed by atoms with E-state index in [4.69, 9.17) is 4.74 Å². The summed E-state index contributed by atoms with van der Waals surface area (Å²) in [5.41, 5.74) is 3.13. The lowest BCUT2D eigenvalue weighted by Gasteiger charge is -2.15. The van der Waals surface area contributed by atoms with Gasteiger partial charge in [-0.3, -0.25) is 9.59 Å². The number of nitrogens with zero attached hydrogens (tertiary/aromatic N) is 4. The number of aromatic nitrogens is 4. The Labute approximate surface area is 185 Å². The highest BCUT2D eigenvalue weighted by Gasteiger charge is 2.23. The maximum absolute atomic E-state index is 13.2. The molecule has 0 bridgehead atoms. The summed E-state index contributed by atoms with van der Waals surface area (Å²) in [6, 6.07) is 16.3. The molecule has 1 N–H and O–H groups in total. The highest BCUT2D eigenvalue weighted by molar-refractivity contribution is 5.84. The number of methoxy groups -OCH3 is 1. The second-order valence-corrected chi connectivity index (χ2v) is 7.64. The lowest BCUT2D eigenvalue weighted by atomic mass is 10.2. The zero-order valence-corrected chi connectivity index (χ0v) is 18.5. The predicted octanol–water partition coefficient (Wildman–Crippen LogP) is 3.09. The van der Waals surface area contributed by atoms with Crippen LogP contribution >= 0.6 is 0 Å². The Morgan fingerprint density at radius 3 is 2.56 bits per heavy atom. The van der Waals surface area contributed by atoms with Crippen LogP contribution in [0.25, 0.3) is 16.6 Å². The molecule has 0 fully saturated rings. The van der Waals surface area contributed by atoms with Crippen molar-refractivity contribution >= 4 is 16.8 Å². The van der Waals surface area contributed by atoms with E-state index in [2.05, 4.69) is 15.5 Å². The lowest BCUT2D eigenvalue weighted by Crippen LogP contribution is -2.37. The van der Waals surface area contributed by atoms with Gasteiger partial charge in [-0.1, -0.05) is 30.3 Å². The number of hydrogen-bond acceptors (Lipinski definition) is 5. The first kappa shape index (κ1) is 21.3. The van der Waals surface area contributed by atoms with Gasteiger partial charge in [0, 0.05) is 6.54 Å². The number of amides is 1. The number of fused-ring (bicyclic) bond motifs is 1. The molecule has 2 aromatic heterocycles. The van der Waals surface area contributed by atoms with Gasteiger partial charge in [-0.2, -0.15) is 10.2 Å². The fraction of sp³-hybridized carbons (Fsp3) is 0.250. The zero-order chi connectivity index (χ0) is 22.8. The van der Waals surface area contributed by atoms with E-state index in [1.54, 1.807) is 18.7 Å². The van der Waals surface area contributed by atoms with Crippen molar-refractivity contribution in [2.24, 2.45) is 0 Å². The molecule has 4 rings (SSSR count).